The molecule has 1 amide bonds. The minimum Gasteiger partial charge on any atom is -0.358 e. The lowest BCUT2D eigenvalue weighted by Gasteiger charge is -2.45. The lowest BCUT2D eigenvalue weighted by Crippen LogP contribution is -2.59. The van der Waals surface area contributed by atoms with Crippen LogP contribution in [-0.2, 0) is 4.79 Å². The molecule has 0 aromatic carbocycles. The molecule has 4 nitrogen and oxygen atoms in total. The highest BCUT2D eigenvalue weighted by molar-refractivity contribution is 7.80. The maximum atomic E-state index is 11.2. The van der Waals surface area contributed by atoms with Gasteiger partial charge >= 0.3 is 0 Å². The Hall–Kier alpha value is -0.680. The van der Waals surface area contributed by atoms with E-state index in [0.717, 1.165) is 12.5 Å². The Balaban J connectivity index is 1.81. The minimum atomic E-state index is -0.0150. The quantitative estimate of drug-likeness (QED) is 0.690. The third kappa shape index (κ3) is 2.71. The number of carbonyl (C=O) groups excluding carboxylic acids is 1. The lowest BCUT2D eigenvalue weighted by molar-refractivity contribution is -0.119. The molecule has 1 unspecified atom stereocenters. The fourth-order valence-electron chi connectivity index (χ4n) is 2.55. The number of thiocarbonyl (C=S) groups is 1. The Labute approximate surface area is 102 Å². The topological polar surface area (TPSA) is 44.4 Å². The van der Waals surface area contributed by atoms with Crippen LogP contribution >= 0.6 is 12.2 Å². The first-order valence-corrected chi connectivity index (χ1v) is 6.42. The third-order valence-electron chi connectivity index (χ3n) is 3.55. The summed E-state index contributed by atoms with van der Waals surface area (Å²) >= 11 is 5.13. The predicted molar refractivity (Wildman–Crippen MR) is 67.1 cm³/mol. The first-order chi connectivity index (χ1) is 7.69. The smallest absolute Gasteiger partial charge is 0.225 e. The van der Waals surface area contributed by atoms with Crippen LogP contribution in [0.15, 0.2) is 0 Å². The van der Waals surface area contributed by atoms with E-state index in [0.29, 0.717) is 17.6 Å². The summed E-state index contributed by atoms with van der Waals surface area (Å²) < 4.78 is 0. The summed E-state index contributed by atoms with van der Waals surface area (Å²) in [6.07, 6.45) is 2.98. The number of nitrogens with one attached hydrogen (secondary N) is 2. The van der Waals surface area contributed by atoms with E-state index < -0.39 is 0 Å². The molecule has 3 aliphatic rings. The number of hydrogen-bond acceptors (Lipinski definition) is 3. The number of nitrogens with zero attached hydrogens (tertiary/aromatic N) is 1. The number of hydrogen-bond donors (Lipinski definition) is 2. The number of piperidine rings is 3. The Morgan fingerprint density at radius 3 is 2.62 bits per heavy atom. The highest BCUT2D eigenvalue weighted by Gasteiger charge is 2.34. The molecule has 2 bridgehead atoms. The number of amides is 1. The van der Waals surface area contributed by atoms with Gasteiger partial charge in [0.25, 0.3) is 0 Å². The van der Waals surface area contributed by atoms with E-state index in [9.17, 15) is 4.79 Å². The van der Waals surface area contributed by atoms with Crippen molar-refractivity contribution in [1.29, 1.82) is 0 Å². The second kappa shape index (κ2) is 5.10. The first-order valence-electron chi connectivity index (χ1n) is 6.01. The van der Waals surface area contributed by atoms with Crippen LogP contribution in [0.25, 0.3) is 0 Å². The molecule has 0 saturated carbocycles. The molecule has 3 heterocycles. The third-order valence-corrected chi connectivity index (χ3v) is 3.77. The van der Waals surface area contributed by atoms with E-state index in [4.69, 9.17) is 12.2 Å². The van der Waals surface area contributed by atoms with Gasteiger partial charge in [0.2, 0.25) is 5.91 Å². The van der Waals surface area contributed by atoms with E-state index in [1.165, 1.54) is 25.9 Å². The number of fused-ring (bicyclic) bond motifs is 3. The van der Waals surface area contributed by atoms with E-state index in [1.807, 2.05) is 6.92 Å². The van der Waals surface area contributed by atoms with Gasteiger partial charge in [-0.05, 0) is 44.1 Å². The van der Waals surface area contributed by atoms with Crippen LogP contribution in [0, 0.1) is 5.92 Å². The maximum absolute atomic E-state index is 11.2. The zero-order chi connectivity index (χ0) is 11.5. The van der Waals surface area contributed by atoms with Crippen molar-refractivity contribution in [3.05, 3.63) is 0 Å². The molecular weight excluding hydrogens is 222 g/mol. The fourth-order valence-corrected chi connectivity index (χ4v) is 2.81. The van der Waals surface area contributed by atoms with Crippen LogP contribution < -0.4 is 10.6 Å². The predicted octanol–water partition coefficient (Wildman–Crippen LogP) is 0.481. The summed E-state index contributed by atoms with van der Waals surface area (Å²) in [5, 5.41) is 6.46. The molecular formula is C11H19N3OS. The molecule has 5 heteroatoms. The van der Waals surface area contributed by atoms with Crippen LogP contribution in [0.2, 0.25) is 0 Å². The van der Waals surface area contributed by atoms with Crippen molar-refractivity contribution in [2.75, 3.05) is 19.6 Å². The van der Waals surface area contributed by atoms with Gasteiger partial charge < -0.3 is 15.5 Å². The molecule has 3 aliphatic heterocycles. The molecule has 3 fully saturated rings. The average molecular weight is 241 g/mol. The summed E-state index contributed by atoms with van der Waals surface area (Å²) in [5.41, 5.74) is 0. The van der Waals surface area contributed by atoms with Crippen LogP contribution in [-0.4, -0.2) is 41.6 Å². The normalized spacial score (nSPS) is 32.2. The fraction of sp³-hybridized carbons (Fsp3) is 0.818. The first kappa shape index (κ1) is 11.8. The Bertz CT molecular complexity index is 287. The zero-order valence-corrected chi connectivity index (χ0v) is 10.5. The Morgan fingerprint density at radius 1 is 1.44 bits per heavy atom. The molecule has 0 radical (unpaired) electrons. The van der Waals surface area contributed by atoms with Gasteiger partial charge in [0.05, 0.1) is 0 Å². The highest BCUT2D eigenvalue weighted by Crippen LogP contribution is 2.27. The summed E-state index contributed by atoms with van der Waals surface area (Å²) in [5.74, 6) is 0.709. The molecule has 16 heavy (non-hydrogen) atoms. The van der Waals surface area contributed by atoms with E-state index >= 15 is 0 Å². The van der Waals surface area contributed by atoms with Gasteiger partial charge in [-0.3, -0.25) is 4.79 Å². The van der Waals surface area contributed by atoms with E-state index in [1.54, 1.807) is 0 Å². The molecule has 90 valence electrons. The summed E-state index contributed by atoms with van der Waals surface area (Å²) in [6, 6.07) is 0.423. The van der Waals surface area contributed by atoms with E-state index in [2.05, 4.69) is 15.5 Å². The van der Waals surface area contributed by atoms with Crippen molar-refractivity contribution >= 4 is 23.2 Å². The molecule has 2 N–H and O–H groups in total. The Kier molecular flexibility index (Phi) is 3.76. The number of carbonyl (C=O) groups is 1. The van der Waals surface area contributed by atoms with Crippen molar-refractivity contribution < 1.29 is 4.79 Å². The van der Waals surface area contributed by atoms with E-state index in [-0.39, 0.29) is 5.91 Å². The van der Waals surface area contributed by atoms with Crippen LogP contribution in [0.1, 0.15) is 26.2 Å². The van der Waals surface area contributed by atoms with Crippen molar-refractivity contribution in [3.8, 4) is 0 Å². The van der Waals surface area contributed by atoms with Crippen molar-refractivity contribution in [3.63, 3.8) is 0 Å². The minimum absolute atomic E-state index is 0.0150. The molecule has 0 spiro atoms. The monoisotopic (exact) mass is 241 g/mol. The highest BCUT2D eigenvalue weighted by atomic mass is 32.1. The Morgan fingerprint density at radius 2 is 2.12 bits per heavy atom. The second-order valence-electron chi connectivity index (χ2n) is 4.62. The average Bonchev–Trinajstić information content (AvgIpc) is 2.30. The maximum Gasteiger partial charge on any atom is 0.225 e. The van der Waals surface area contributed by atoms with Crippen molar-refractivity contribution in [2.24, 2.45) is 5.92 Å². The van der Waals surface area contributed by atoms with Crippen molar-refractivity contribution in [1.82, 2.24) is 15.5 Å². The van der Waals surface area contributed by atoms with Gasteiger partial charge in [0.1, 0.15) is 0 Å². The zero-order valence-electron chi connectivity index (χ0n) is 9.66. The van der Waals surface area contributed by atoms with Gasteiger partial charge in [0, 0.05) is 19.0 Å². The molecule has 0 aromatic rings. The molecule has 1 atom stereocenters. The van der Waals surface area contributed by atoms with Crippen LogP contribution in [0.3, 0.4) is 0 Å². The molecule has 3 rings (SSSR count). The summed E-state index contributed by atoms with van der Waals surface area (Å²) in [4.78, 5) is 13.6. The van der Waals surface area contributed by atoms with Gasteiger partial charge in [-0.1, -0.05) is 6.92 Å². The largest absolute Gasteiger partial charge is 0.358 e. The summed E-state index contributed by atoms with van der Waals surface area (Å²) in [6.45, 7) is 5.33. The van der Waals surface area contributed by atoms with Crippen molar-refractivity contribution in [2.45, 2.75) is 32.2 Å². The van der Waals surface area contributed by atoms with Gasteiger partial charge in [-0.15, -0.1) is 0 Å². The number of rotatable bonds is 2. The van der Waals surface area contributed by atoms with Crippen LogP contribution in [0.5, 0.6) is 0 Å². The molecule has 3 saturated heterocycles. The second-order valence-corrected chi connectivity index (χ2v) is 5.03. The standard InChI is InChI=1S/C11H19N3OS/c1-2-10(15)13-11(16)12-9-7-14-5-3-8(9)4-6-14/h8-9H,2-7H2,1H3,(H2,12,13,15,16). The van der Waals surface area contributed by atoms with Crippen LogP contribution in [0.4, 0.5) is 0 Å². The molecule has 0 aliphatic carbocycles. The van der Waals surface area contributed by atoms with Gasteiger partial charge in [-0.2, -0.15) is 0 Å². The van der Waals surface area contributed by atoms with Gasteiger partial charge in [-0.25, -0.2) is 0 Å². The lowest BCUT2D eigenvalue weighted by atomic mass is 9.84. The SMILES string of the molecule is CCC(=O)NC(=S)NC1CN2CCC1CC2. The van der Waals surface area contributed by atoms with Gasteiger partial charge in [0.15, 0.2) is 5.11 Å². The summed E-state index contributed by atoms with van der Waals surface area (Å²) in [7, 11) is 0. The molecule has 0 aromatic heterocycles.